The van der Waals surface area contributed by atoms with E-state index in [1.165, 1.54) is 16.3 Å². The molecule has 0 amide bonds. The van der Waals surface area contributed by atoms with Crippen molar-refractivity contribution in [2.24, 2.45) is 5.92 Å². The van der Waals surface area contributed by atoms with Gasteiger partial charge in [-0.1, -0.05) is 35.9 Å². The normalized spacial score (nSPS) is 14.5. The third-order valence-electron chi connectivity index (χ3n) is 7.00. The largest absolute Gasteiger partial charge is 0.497 e. The van der Waals surface area contributed by atoms with Gasteiger partial charge in [-0.2, -0.15) is 0 Å². The van der Waals surface area contributed by atoms with Crippen LogP contribution in [0, 0.1) is 19.8 Å². The van der Waals surface area contributed by atoms with Crippen molar-refractivity contribution in [1.29, 1.82) is 0 Å². The number of ether oxygens (including phenoxy) is 1. The molecule has 180 valence electrons. The van der Waals surface area contributed by atoms with Crippen LogP contribution in [0.15, 0.2) is 65.5 Å². The number of aryl methyl sites for hydroxylation is 2. The summed E-state index contributed by atoms with van der Waals surface area (Å²) in [5, 5.41) is 3.13. The lowest BCUT2D eigenvalue weighted by Crippen LogP contribution is -2.34. The fourth-order valence-corrected chi connectivity index (χ4v) is 5.48. The summed E-state index contributed by atoms with van der Waals surface area (Å²) in [5.41, 5.74) is 3.78. The molecule has 0 radical (unpaired) electrons. The van der Waals surface area contributed by atoms with E-state index < -0.39 is 0 Å². The smallest absolute Gasteiger partial charge is 0.258 e. The van der Waals surface area contributed by atoms with E-state index in [1.54, 1.807) is 17.7 Å². The molecule has 5 nitrogen and oxygen atoms in total. The van der Waals surface area contributed by atoms with E-state index in [-0.39, 0.29) is 5.56 Å². The summed E-state index contributed by atoms with van der Waals surface area (Å²) < 4.78 is 6.99. The van der Waals surface area contributed by atoms with Crippen LogP contribution < -0.4 is 15.2 Å². The number of piperidine rings is 1. The Balaban J connectivity index is 1.27. The molecule has 0 bridgehead atoms. The van der Waals surface area contributed by atoms with E-state index in [2.05, 4.69) is 40.2 Å². The number of nitrogens with zero attached hydrogens (tertiary/aromatic N) is 3. The molecule has 0 saturated carbocycles. The molecule has 3 aromatic carbocycles. The van der Waals surface area contributed by atoms with Crippen LogP contribution in [0.25, 0.3) is 16.5 Å². The molecule has 1 fully saturated rings. The van der Waals surface area contributed by atoms with E-state index in [1.807, 2.05) is 38.1 Å². The van der Waals surface area contributed by atoms with Crippen LogP contribution in [-0.2, 0) is 6.42 Å². The van der Waals surface area contributed by atoms with E-state index in [4.69, 9.17) is 16.3 Å². The van der Waals surface area contributed by atoms with Gasteiger partial charge in [0.2, 0.25) is 0 Å². The van der Waals surface area contributed by atoms with Gasteiger partial charge in [-0.25, -0.2) is 4.98 Å². The Hall–Kier alpha value is -3.31. The van der Waals surface area contributed by atoms with E-state index >= 15 is 0 Å². The lowest BCUT2D eigenvalue weighted by atomic mass is 9.89. The third kappa shape index (κ3) is 4.92. The number of aromatic nitrogens is 2. The highest BCUT2D eigenvalue weighted by atomic mass is 35.5. The molecule has 4 aromatic rings. The Kier molecular flexibility index (Phi) is 6.52. The van der Waals surface area contributed by atoms with Crippen molar-refractivity contribution in [3.63, 3.8) is 0 Å². The SMILES string of the molecule is COc1ccc2ccc(CC3CCN(c4ccc(-n5c(C)nc(C)cc5=O)cc4Cl)CC3)cc2c1. The van der Waals surface area contributed by atoms with E-state index in [0.717, 1.165) is 55.2 Å². The van der Waals surface area contributed by atoms with Gasteiger partial charge in [-0.3, -0.25) is 9.36 Å². The van der Waals surface area contributed by atoms with Crippen molar-refractivity contribution >= 4 is 28.1 Å². The average molecular weight is 488 g/mol. The zero-order valence-corrected chi connectivity index (χ0v) is 21.2. The fourth-order valence-electron chi connectivity index (χ4n) is 5.19. The molecule has 5 rings (SSSR count). The Labute approximate surface area is 210 Å². The Morgan fingerprint density at radius 1 is 0.971 bits per heavy atom. The summed E-state index contributed by atoms with van der Waals surface area (Å²) in [7, 11) is 1.71. The Bertz CT molecular complexity index is 1440. The monoisotopic (exact) mass is 487 g/mol. The predicted octanol–water partition coefficient (Wildman–Crippen LogP) is 6.12. The molecule has 2 heterocycles. The summed E-state index contributed by atoms with van der Waals surface area (Å²) in [6, 6.07) is 20.4. The Morgan fingerprint density at radius 2 is 1.74 bits per heavy atom. The quantitative estimate of drug-likeness (QED) is 0.340. The number of halogens is 1. The van der Waals surface area contributed by atoms with Crippen molar-refractivity contribution in [3.8, 4) is 11.4 Å². The van der Waals surface area contributed by atoms with Gasteiger partial charge in [0.1, 0.15) is 11.6 Å². The van der Waals surface area contributed by atoms with Gasteiger partial charge in [0.25, 0.3) is 5.56 Å². The highest BCUT2D eigenvalue weighted by molar-refractivity contribution is 6.33. The van der Waals surface area contributed by atoms with Crippen LogP contribution in [-0.4, -0.2) is 29.8 Å². The first-order valence-electron chi connectivity index (χ1n) is 12.1. The van der Waals surface area contributed by atoms with Crippen molar-refractivity contribution < 1.29 is 4.74 Å². The van der Waals surface area contributed by atoms with Crippen LogP contribution in [0.3, 0.4) is 0 Å². The topological polar surface area (TPSA) is 47.4 Å². The minimum atomic E-state index is -0.0910. The van der Waals surface area contributed by atoms with Crippen LogP contribution in [0.5, 0.6) is 5.75 Å². The Morgan fingerprint density at radius 3 is 2.46 bits per heavy atom. The van der Waals surface area contributed by atoms with Gasteiger partial charge >= 0.3 is 0 Å². The number of rotatable bonds is 5. The highest BCUT2D eigenvalue weighted by Crippen LogP contribution is 2.33. The maximum absolute atomic E-state index is 12.5. The second kappa shape index (κ2) is 9.74. The number of methoxy groups -OCH3 is 1. The average Bonchev–Trinajstić information content (AvgIpc) is 2.84. The van der Waals surface area contributed by atoms with Crippen LogP contribution in [0.1, 0.15) is 29.9 Å². The molecular weight excluding hydrogens is 458 g/mol. The number of fused-ring (bicyclic) bond motifs is 1. The summed E-state index contributed by atoms with van der Waals surface area (Å²) >= 11 is 6.71. The van der Waals surface area contributed by atoms with Crippen molar-refractivity contribution in [2.75, 3.05) is 25.1 Å². The molecule has 0 atom stereocenters. The molecule has 0 N–H and O–H groups in total. The second-order valence-corrected chi connectivity index (χ2v) is 9.84. The highest BCUT2D eigenvalue weighted by Gasteiger charge is 2.22. The van der Waals surface area contributed by atoms with Gasteiger partial charge < -0.3 is 9.64 Å². The molecule has 0 unspecified atom stereocenters. The predicted molar refractivity (Wildman–Crippen MR) is 143 cm³/mol. The van der Waals surface area contributed by atoms with Gasteiger partial charge in [0.15, 0.2) is 0 Å². The summed E-state index contributed by atoms with van der Waals surface area (Å²) in [4.78, 5) is 19.3. The van der Waals surface area contributed by atoms with Crippen molar-refractivity contribution in [2.45, 2.75) is 33.1 Å². The number of hydrogen-bond donors (Lipinski definition) is 0. The number of hydrogen-bond acceptors (Lipinski definition) is 4. The van der Waals surface area contributed by atoms with Crippen molar-refractivity contribution in [3.05, 3.63) is 93.1 Å². The third-order valence-corrected chi connectivity index (χ3v) is 7.30. The lowest BCUT2D eigenvalue weighted by molar-refractivity contribution is 0.404. The molecular formula is C29H30ClN3O2. The van der Waals surface area contributed by atoms with Crippen LogP contribution >= 0.6 is 11.6 Å². The molecule has 1 aliphatic heterocycles. The summed E-state index contributed by atoms with van der Waals surface area (Å²) in [6.45, 7) is 5.61. The summed E-state index contributed by atoms with van der Waals surface area (Å²) in [6.07, 6.45) is 3.32. The van der Waals surface area contributed by atoms with Crippen LogP contribution in [0.2, 0.25) is 5.02 Å². The molecule has 6 heteroatoms. The number of anilines is 1. The first-order chi connectivity index (χ1) is 16.9. The minimum Gasteiger partial charge on any atom is -0.497 e. The van der Waals surface area contributed by atoms with E-state index in [9.17, 15) is 4.79 Å². The fraction of sp³-hybridized carbons (Fsp3) is 0.310. The molecule has 1 aromatic heterocycles. The van der Waals surface area contributed by atoms with Gasteiger partial charge in [0, 0.05) is 24.8 Å². The molecule has 1 saturated heterocycles. The summed E-state index contributed by atoms with van der Waals surface area (Å²) in [5.74, 6) is 2.20. The first-order valence-corrected chi connectivity index (χ1v) is 12.5. The minimum absolute atomic E-state index is 0.0910. The first kappa shape index (κ1) is 23.4. The molecule has 0 spiro atoms. The lowest BCUT2D eigenvalue weighted by Gasteiger charge is -2.34. The number of benzene rings is 3. The molecule has 0 aliphatic carbocycles. The van der Waals surface area contributed by atoms with Crippen LogP contribution in [0.4, 0.5) is 5.69 Å². The van der Waals surface area contributed by atoms with Gasteiger partial charge in [0.05, 0.1) is 23.5 Å². The maximum Gasteiger partial charge on any atom is 0.258 e. The standard InChI is InChI=1S/C29H30ClN3O2/c1-19-14-29(34)33(20(2)31-19)25-7-9-28(27(30)18-25)32-12-10-21(11-13-32)15-22-4-5-23-6-8-26(35-3)17-24(23)16-22/h4-9,14,16-18,21H,10-13,15H2,1-3H3. The molecule has 1 aliphatic rings. The van der Waals surface area contributed by atoms with E-state index in [0.29, 0.717) is 16.8 Å². The maximum atomic E-state index is 12.5. The van der Waals surface area contributed by atoms with Gasteiger partial charge in [-0.15, -0.1) is 0 Å². The molecule has 35 heavy (non-hydrogen) atoms. The second-order valence-electron chi connectivity index (χ2n) is 9.44. The zero-order chi connectivity index (χ0) is 24.5. The zero-order valence-electron chi connectivity index (χ0n) is 20.4. The van der Waals surface area contributed by atoms with Crippen molar-refractivity contribution in [1.82, 2.24) is 9.55 Å². The van der Waals surface area contributed by atoms with Gasteiger partial charge in [-0.05, 0) is 85.7 Å².